The highest BCUT2D eigenvalue weighted by Crippen LogP contribution is 2.23. The average molecular weight is 324 g/mol. The van der Waals surface area contributed by atoms with E-state index < -0.39 is 0 Å². The lowest BCUT2D eigenvalue weighted by Crippen LogP contribution is -2.01. The molecular formula is C13H14BrN3S. The Morgan fingerprint density at radius 3 is 2.61 bits per heavy atom. The number of hydrogen-bond acceptors (Lipinski definition) is 3. The Morgan fingerprint density at radius 2 is 2.06 bits per heavy atom. The maximum atomic E-state index is 5.37. The van der Waals surface area contributed by atoms with Gasteiger partial charge in [-0.05, 0) is 34.8 Å². The van der Waals surface area contributed by atoms with Crippen LogP contribution in [-0.2, 0) is 0 Å². The lowest BCUT2D eigenvalue weighted by atomic mass is 10.0. The van der Waals surface area contributed by atoms with Crippen molar-refractivity contribution in [3.8, 4) is 11.4 Å². The predicted molar refractivity (Wildman–Crippen MR) is 79.2 cm³/mol. The van der Waals surface area contributed by atoms with Gasteiger partial charge in [-0.1, -0.05) is 26.1 Å². The molecule has 0 atom stereocenters. The topological polar surface area (TPSA) is 41.6 Å². The summed E-state index contributed by atoms with van der Waals surface area (Å²) in [6.45, 7) is 6.27. The number of pyridine rings is 1. The Balaban J connectivity index is 2.59. The molecule has 0 aliphatic carbocycles. The van der Waals surface area contributed by atoms with Crippen molar-refractivity contribution in [2.24, 2.45) is 0 Å². The molecule has 0 amide bonds. The molecule has 5 heteroatoms. The van der Waals surface area contributed by atoms with Crippen LogP contribution in [0.5, 0.6) is 0 Å². The fourth-order valence-electron chi connectivity index (χ4n) is 1.95. The van der Waals surface area contributed by atoms with Crippen LogP contribution in [0.4, 0.5) is 0 Å². The molecule has 2 rings (SSSR count). The van der Waals surface area contributed by atoms with Crippen molar-refractivity contribution >= 4 is 28.1 Å². The van der Waals surface area contributed by atoms with Crippen molar-refractivity contribution in [2.45, 2.75) is 26.7 Å². The zero-order valence-corrected chi connectivity index (χ0v) is 12.9. The Morgan fingerprint density at radius 1 is 1.33 bits per heavy atom. The summed E-state index contributed by atoms with van der Waals surface area (Å²) in [4.78, 5) is 11.9. The summed E-state index contributed by atoms with van der Waals surface area (Å²) in [7, 11) is 0. The van der Waals surface area contributed by atoms with E-state index in [1.54, 1.807) is 12.4 Å². The number of aromatic amines is 1. The van der Waals surface area contributed by atoms with Crippen LogP contribution < -0.4 is 0 Å². The lowest BCUT2D eigenvalue weighted by molar-refractivity contribution is 0.825. The summed E-state index contributed by atoms with van der Waals surface area (Å²) in [5, 5.41) is 0. The first-order valence-corrected chi connectivity index (χ1v) is 6.91. The second-order valence-electron chi connectivity index (χ2n) is 4.48. The lowest BCUT2D eigenvalue weighted by Gasteiger charge is -2.11. The Kier molecular flexibility index (Phi) is 3.92. The van der Waals surface area contributed by atoms with Crippen molar-refractivity contribution in [1.82, 2.24) is 15.0 Å². The second kappa shape index (κ2) is 5.28. The van der Waals surface area contributed by atoms with Gasteiger partial charge in [0.2, 0.25) is 0 Å². The van der Waals surface area contributed by atoms with Gasteiger partial charge in [0.1, 0.15) is 10.5 Å². The van der Waals surface area contributed by atoms with Gasteiger partial charge in [0, 0.05) is 33.7 Å². The van der Waals surface area contributed by atoms with E-state index in [9.17, 15) is 0 Å². The molecule has 2 aromatic heterocycles. The van der Waals surface area contributed by atoms with Crippen LogP contribution in [0.3, 0.4) is 0 Å². The molecule has 0 aromatic carbocycles. The normalized spacial score (nSPS) is 10.9. The molecule has 0 spiro atoms. The van der Waals surface area contributed by atoms with Crippen molar-refractivity contribution in [2.75, 3.05) is 0 Å². The molecule has 0 fully saturated rings. The van der Waals surface area contributed by atoms with E-state index in [4.69, 9.17) is 12.2 Å². The molecule has 2 heterocycles. The van der Waals surface area contributed by atoms with Gasteiger partial charge in [-0.15, -0.1) is 0 Å². The fourth-order valence-corrected chi connectivity index (χ4v) is 2.80. The van der Waals surface area contributed by atoms with Crippen LogP contribution >= 0.6 is 28.1 Å². The maximum absolute atomic E-state index is 5.37. The molecule has 18 heavy (non-hydrogen) atoms. The van der Waals surface area contributed by atoms with Crippen LogP contribution in [0.25, 0.3) is 11.4 Å². The van der Waals surface area contributed by atoms with Crippen molar-refractivity contribution < 1.29 is 0 Å². The number of nitrogens with zero attached hydrogens (tertiary/aromatic N) is 2. The summed E-state index contributed by atoms with van der Waals surface area (Å²) in [6.07, 6.45) is 3.51. The minimum Gasteiger partial charge on any atom is -0.343 e. The average Bonchev–Trinajstić information content (AvgIpc) is 2.27. The second-order valence-corrected chi connectivity index (χ2v) is 5.78. The molecule has 2 aromatic rings. The molecular weight excluding hydrogens is 310 g/mol. The summed E-state index contributed by atoms with van der Waals surface area (Å²) in [6, 6.07) is 1.97. The fraction of sp³-hybridized carbons (Fsp3) is 0.308. The van der Waals surface area contributed by atoms with E-state index in [1.165, 1.54) is 0 Å². The summed E-state index contributed by atoms with van der Waals surface area (Å²) >= 11 is 8.78. The highest BCUT2D eigenvalue weighted by atomic mass is 79.9. The molecule has 0 radical (unpaired) electrons. The van der Waals surface area contributed by atoms with Crippen molar-refractivity contribution in [1.29, 1.82) is 0 Å². The standard InChI is InChI=1S/C13H14BrN3S/c1-7(2)11-8(3)16-12(17-13(11)18)9-4-10(14)6-15-5-9/h4-7H,1-3H3,(H,16,17,18). The molecule has 3 nitrogen and oxygen atoms in total. The van der Waals surface area contributed by atoms with Crippen molar-refractivity contribution in [3.63, 3.8) is 0 Å². The van der Waals surface area contributed by atoms with Crippen LogP contribution in [-0.4, -0.2) is 15.0 Å². The van der Waals surface area contributed by atoms with Crippen molar-refractivity contribution in [3.05, 3.63) is 38.8 Å². The van der Waals surface area contributed by atoms with E-state index in [0.717, 1.165) is 27.1 Å². The zero-order valence-electron chi connectivity index (χ0n) is 10.5. The predicted octanol–water partition coefficient (Wildman–Crippen LogP) is 4.40. The number of halogens is 1. The summed E-state index contributed by atoms with van der Waals surface area (Å²) in [5.74, 6) is 1.13. The van der Waals surface area contributed by atoms with Gasteiger partial charge in [-0.2, -0.15) is 0 Å². The molecule has 94 valence electrons. The Hall–Kier alpha value is -1.07. The SMILES string of the molecule is Cc1[nH]c(-c2cncc(Br)c2)nc(=S)c1C(C)C. The van der Waals surface area contributed by atoms with E-state index in [1.807, 2.05) is 13.0 Å². The summed E-state index contributed by atoms with van der Waals surface area (Å²) in [5.41, 5.74) is 3.10. The van der Waals surface area contributed by atoms with Gasteiger partial charge >= 0.3 is 0 Å². The van der Waals surface area contributed by atoms with E-state index >= 15 is 0 Å². The third-order valence-corrected chi connectivity index (χ3v) is 3.45. The van der Waals surface area contributed by atoms with Crippen LogP contribution in [0.2, 0.25) is 0 Å². The number of rotatable bonds is 2. The molecule has 0 unspecified atom stereocenters. The summed E-state index contributed by atoms with van der Waals surface area (Å²) < 4.78 is 1.59. The first-order valence-electron chi connectivity index (χ1n) is 5.70. The highest BCUT2D eigenvalue weighted by molar-refractivity contribution is 9.10. The molecule has 0 saturated heterocycles. The Bertz CT molecular complexity index is 634. The molecule has 1 N–H and O–H groups in total. The number of aryl methyl sites for hydroxylation is 1. The van der Waals surface area contributed by atoms with Gasteiger partial charge in [0.25, 0.3) is 0 Å². The van der Waals surface area contributed by atoms with Gasteiger partial charge in [-0.25, -0.2) is 4.98 Å². The number of H-pyrrole nitrogens is 1. The Labute approximate surface area is 120 Å². The first-order chi connectivity index (χ1) is 8.49. The van der Waals surface area contributed by atoms with E-state index in [-0.39, 0.29) is 0 Å². The third-order valence-electron chi connectivity index (χ3n) is 2.71. The quantitative estimate of drug-likeness (QED) is 0.833. The van der Waals surface area contributed by atoms with Gasteiger partial charge in [0.15, 0.2) is 0 Å². The zero-order chi connectivity index (χ0) is 13.3. The van der Waals surface area contributed by atoms with E-state index in [2.05, 4.69) is 44.7 Å². The molecule has 0 aliphatic rings. The molecule has 0 aliphatic heterocycles. The largest absolute Gasteiger partial charge is 0.343 e. The van der Waals surface area contributed by atoms with Crippen LogP contribution in [0.1, 0.15) is 31.0 Å². The van der Waals surface area contributed by atoms with Crippen LogP contribution in [0.15, 0.2) is 22.9 Å². The highest BCUT2D eigenvalue weighted by Gasteiger charge is 2.10. The molecule has 0 bridgehead atoms. The van der Waals surface area contributed by atoms with Crippen LogP contribution in [0, 0.1) is 11.6 Å². The van der Waals surface area contributed by atoms with Gasteiger partial charge in [0.05, 0.1) is 0 Å². The van der Waals surface area contributed by atoms with Gasteiger partial charge in [-0.3, -0.25) is 4.98 Å². The third kappa shape index (κ3) is 2.67. The molecule has 0 saturated carbocycles. The number of aromatic nitrogens is 3. The monoisotopic (exact) mass is 323 g/mol. The van der Waals surface area contributed by atoms with E-state index in [0.29, 0.717) is 10.6 Å². The first kappa shape index (κ1) is 13.4. The maximum Gasteiger partial charge on any atom is 0.140 e. The number of hydrogen-bond donors (Lipinski definition) is 1. The minimum absolute atomic E-state index is 0.371. The minimum atomic E-state index is 0.371. The number of nitrogens with one attached hydrogen (secondary N) is 1. The smallest absolute Gasteiger partial charge is 0.140 e. The van der Waals surface area contributed by atoms with Gasteiger partial charge < -0.3 is 4.98 Å².